The first kappa shape index (κ1) is 16.7. The molecule has 2 atom stereocenters. The second kappa shape index (κ2) is 8.07. The Bertz CT molecular complexity index is 428. The highest BCUT2D eigenvalue weighted by Crippen LogP contribution is 2.24. The minimum absolute atomic E-state index is 0. The van der Waals surface area contributed by atoms with Gasteiger partial charge in [0.1, 0.15) is 0 Å². The van der Waals surface area contributed by atoms with Crippen LogP contribution in [0.25, 0.3) is 0 Å². The molecule has 3 nitrogen and oxygen atoms in total. The van der Waals surface area contributed by atoms with Crippen LogP contribution in [0.1, 0.15) is 24.8 Å². The van der Waals surface area contributed by atoms with Crippen molar-refractivity contribution in [3.8, 4) is 0 Å². The summed E-state index contributed by atoms with van der Waals surface area (Å²) in [6.07, 6.45) is 3.85. The fourth-order valence-electron chi connectivity index (χ4n) is 2.60. The molecule has 2 unspecified atom stereocenters. The molecule has 0 radical (unpaired) electrons. The molecule has 1 saturated carbocycles. The molecule has 0 aromatic heterocycles. The van der Waals surface area contributed by atoms with Crippen LogP contribution in [-0.2, 0) is 11.2 Å². The number of rotatable bonds is 4. The van der Waals surface area contributed by atoms with Crippen LogP contribution < -0.4 is 11.1 Å². The zero-order valence-corrected chi connectivity index (χ0v) is 13.7. The highest BCUT2D eigenvalue weighted by Gasteiger charge is 2.27. The lowest BCUT2D eigenvalue weighted by Gasteiger charge is -2.19. The van der Waals surface area contributed by atoms with Crippen LogP contribution in [0, 0.1) is 9.49 Å². The summed E-state index contributed by atoms with van der Waals surface area (Å²) in [5, 5.41) is 3.13. The first-order valence-corrected chi connectivity index (χ1v) is 7.51. The lowest BCUT2D eigenvalue weighted by Crippen LogP contribution is -2.40. The zero-order chi connectivity index (χ0) is 13.0. The minimum Gasteiger partial charge on any atom is -0.353 e. The van der Waals surface area contributed by atoms with Crippen molar-refractivity contribution in [3.63, 3.8) is 0 Å². The Balaban J connectivity index is 0.00000180. The zero-order valence-electron chi connectivity index (χ0n) is 10.8. The van der Waals surface area contributed by atoms with Gasteiger partial charge in [0.2, 0.25) is 5.91 Å². The maximum Gasteiger partial charge on any atom is 0.224 e. The van der Waals surface area contributed by atoms with Crippen LogP contribution in [0.5, 0.6) is 0 Å². The Morgan fingerprint density at radius 1 is 1.42 bits per heavy atom. The first-order valence-electron chi connectivity index (χ1n) is 6.43. The molecule has 106 valence electrons. The number of hydrogen-bond acceptors (Lipinski definition) is 2. The van der Waals surface area contributed by atoms with Crippen molar-refractivity contribution in [1.29, 1.82) is 0 Å². The summed E-state index contributed by atoms with van der Waals surface area (Å²) in [7, 11) is 0. The fourth-order valence-corrected chi connectivity index (χ4v) is 3.21. The van der Waals surface area contributed by atoms with E-state index < -0.39 is 0 Å². The number of nitrogens with one attached hydrogen (secondary N) is 1. The summed E-state index contributed by atoms with van der Waals surface area (Å²) in [5.74, 6) is 0.576. The SMILES string of the molecule is Cl.NCC1CCCC1NC(=O)Cc1cccc(I)c1. The van der Waals surface area contributed by atoms with Crippen LogP contribution in [-0.4, -0.2) is 18.5 Å². The first-order chi connectivity index (χ1) is 8.69. The molecule has 0 bridgehead atoms. The number of carbonyl (C=O) groups is 1. The maximum atomic E-state index is 12.0. The molecule has 5 heteroatoms. The lowest BCUT2D eigenvalue weighted by atomic mass is 10.0. The standard InChI is InChI=1S/C14H19IN2O.ClH/c15-12-5-1-3-10(7-12)8-14(18)17-13-6-2-4-11(13)9-16;/h1,3,5,7,11,13H,2,4,6,8-9,16H2,(H,17,18);1H. The van der Waals surface area contributed by atoms with E-state index in [0.29, 0.717) is 18.9 Å². The van der Waals surface area contributed by atoms with E-state index in [1.54, 1.807) is 0 Å². The van der Waals surface area contributed by atoms with Crippen molar-refractivity contribution in [3.05, 3.63) is 33.4 Å². The monoisotopic (exact) mass is 394 g/mol. The second-order valence-electron chi connectivity index (χ2n) is 4.91. The van der Waals surface area contributed by atoms with Gasteiger partial charge >= 0.3 is 0 Å². The molecule has 1 aromatic rings. The molecule has 1 fully saturated rings. The molecule has 1 aliphatic rings. The molecule has 19 heavy (non-hydrogen) atoms. The topological polar surface area (TPSA) is 55.1 Å². The summed E-state index contributed by atoms with van der Waals surface area (Å²) in [5.41, 5.74) is 6.79. The second-order valence-corrected chi connectivity index (χ2v) is 6.15. The third-order valence-electron chi connectivity index (χ3n) is 3.56. The molecule has 3 N–H and O–H groups in total. The maximum absolute atomic E-state index is 12.0. The number of nitrogens with two attached hydrogens (primary N) is 1. The Hall–Kier alpha value is -0.330. The van der Waals surface area contributed by atoms with E-state index in [0.717, 1.165) is 18.4 Å². The van der Waals surface area contributed by atoms with Gasteiger partial charge in [-0.1, -0.05) is 18.6 Å². The van der Waals surface area contributed by atoms with Crippen molar-refractivity contribution in [2.45, 2.75) is 31.7 Å². The van der Waals surface area contributed by atoms with Crippen LogP contribution in [0.3, 0.4) is 0 Å². The third-order valence-corrected chi connectivity index (χ3v) is 4.23. The highest BCUT2D eigenvalue weighted by molar-refractivity contribution is 14.1. The summed E-state index contributed by atoms with van der Waals surface area (Å²) in [6.45, 7) is 0.675. The average Bonchev–Trinajstić information content (AvgIpc) is 2.76. The molecule has 0 heterocycles. The van der Waals surface area contributed by atoms with Gasteiger partial charge in [-0.2, -0.15) is 0 Å². The number of halogens is 2. The highest BCUT2D eigenvalue weighted by atomic mass is 127. The summed E-state index contributed by atoms with van der Waals surface area (Å²) in [4.78, 5) is 12.0. The molecule has 1 aliphatic carbocycles. The molecule has 2 rings (SSSR count). The van der Waals surface area contributed by atoms with Crippen LogP contribution in [0.2, 0.25) is 0 Å². The molecule has 0 aliphatic heterocycles. The largest absolute Gasteiger partial charge is 0.353 e. The van der Waals surface area contributed by atoms with Crippen molar-refractivity contribution in [2.24, 2.45) is 11.7 Å². The van der Waals surface area contributed by atoms with Gasteiger partial charge in [0.25, 0.3) is 0 Å². The predicted molar refractivity (Wildman–Crippen MR) is 88.4 cm³/mol. The number of hydrogen-bond donors (Lipinski definition) is 2. The van der Waals surface area contributed by atoms with Crippen molar-refractivity contribution in [2.75, 3.05) is 6.54 Å². The van der Waals surface area contributed by atoms with E-state index in [-0.39, 0.29) is 24.4 Å². The fraction of sp³-hybridized carbons (Fsp3) is 0.500. The molecular weight excluding hydrogens is 375 g/mol. The van der Waals surface area contributed by atoms with Gasteiger partial charge in [-0.25, -0.2) is 0 Å². The quantitative estimate of drug-likeness (QED) is 0.771. The Labute approximate surface area is 134 Å². The van der Waals surface area contributed by atoms with Crippen LogP contribution in [0.4, 0.5) is 0 Å². The van der Waals surface area contributed by atoms with Crippen LogP contribution in [0.15, 0.2) is 24.3 Å². The third kappa shape index (κ3) is 4.93. The van der Waals surface area contributed by atoms with Gasteiger partial charge in [-0.3, -0.25) is 4.79 Å². The minimum atomic E-state index is 0. The lowest BCUT2D eigenvalue weighted by molar-refractivity contribution is -0.121. The van der Waals surface area contributed by atoms with E-state index in [1.807, 2.05) is 18.2 Å². The average molecular weight is 395 g/mol. The van der Waals surface area contributed by atoms with E-state index in [1.165, 1.54) is 9.99 Å². The Morgan fingerprint density at radius 2 is 2.21 bits per heavy atom. The van der Waals surface area contributed by atoms with E-state index >= 15 is 0 Å². The summed E-state index contributed by atoms with van der Waals surface area (Å²) < 4.78 is 1.17. The molecule has 1 aromatic carbocycles. The molecule has 0 spiro atoms. The van der Waals surface area contributed by atoms with Gasteiger partial charge in [0, 0.05) is 9.61 Å². The summed E-state index contributed by atoms with van der Waals surface area (Å²) >= 11 is 2.26. The number of amides is 1. The Kier molecular flexibility index (Phi) is 7.10. The number of benzene rings is 1. The van der Waals surface area contributed by atoms with E-state index in [4.69, 9.17) is 5.73 Å². The van der Waals surface area contributed by atoms with Gasteiger partial charge in [-0.05, 0) is 65.6 Å². The van der Waals surface area contributed by atoms with Crippen molar-refractivity contribution < 1.29 is 4.79 Å². The normalized spacial score (nSPS) is 21.8. The smallest absolute Gasteiger partial charge is 0.224 e. The van der Waals surface area contributed by atoms with Crippen molar-refractivity contribution in [1.82, 2.24) is 5.32 Å². The molecule has 0 saturated heterocycles. The van der Waals surface area contributed by atoms with E-state index in [2.05, 4.69) is 34.0 Å². The van der Waals surface area contributed by atoms with Gasteiger partial charge in [0.05, 0.1) is 6.42 Å². The van der Waals surface area contributed by atoms with Gasteiger partial charge < -0.3 is 11.1 Å². The van der Waals surface area contributed by atoms with E-state index in [9.17, 15) is 4.79 Å². The summed E-state index contributed by atoms with van der Waals surface area (Å²) in [6, 6.07) is 8.35. The van der Waals surface area contributed by atoms with Crippen LogP contribution >= 0.6 is 35.0 Å². The number of carbonyl (C=O) groups excluding carboxylic acids is 1. The van der Waals surface area contributed by atoms with Crippen molar-refractivity contribution >= 4 is 40.9 Å². The van der Waals surface area contributed by atoms with Gasteiger partial charge in [0.15, 0.2) is 0 Å². The Morgan fingerprint density at radius 3 is 2.89 bits per heavy atom. The molecular formula is C14H20ClIN2O. The molecule has 1 amide bonds. The predicted octanol–water partition coefficient (Wildman–Crippen LogP) is 2.50. The van der Waals surface area contributed by atoms with Gasteiger partial charge in [-0.15, -0.1) is 12.4 Å².